The van der Waals surface area contributed by atoms with Gasteiger partial charge in [-0.2, -0.15) is 10.1 Å². The highest BCUT2D eigenvalue weighted by molar-refractivity contribution is 5.99. The lowest BCUT2D eigenvalue weighted by Gasteiger charge is -2.33. The van der Waals surface area contributed by atoms with Crippen molar-refractivity contribution in [3.63, 3.8) is 0 Å². The van der Waals surface area contributed by atoms with Crippen LogP contribution in [0.2, 0.25) is 0 Å². The lowest BCUT2D eigenvalue weighted by molar-refractivity contribution is 0.0733. The molecule has 0 saturated carbocycles. The first-order valence-corrected chi connectivity index (χ1v) is 8.73. The van der Waals surface area contributed by atoms with Crippen LogP contribution in [0.25, 0.3) is 5.95 Å². The van der Waals surface area contributed by atoms with Gasteiger partial charge in [0.25, 0.3) is 0 Å². The molecule has 9 nitrogen and oxygen atoms in total. The molecule has 26 heavy (non-hydrogen) atoms. The highest BCUT2D eigenvalue weighted by Crippen LogP contribution is 2.19. The number of carbonyl (C=O) groups is 2. The summed E-state index contributed by atoms with van der Waals surface area (Å²) in [4.78, 5) is 32.4. The van der Waals surface area contributed by atoms with E-state index in [4.69, 9.17) is 4.74 Å². The third-order valence-electron chi connectivity index (χ3n) is 4.61. The second-order valence-corrected chi connectivity index (χ2v) is 6.31. The molecule has 140 valence electrons. The average Bonchev–Trinajstić information content (AvgIpc) is 3.23. The Morgan fingerprint density at radius 3 is 2.58 bits per heavy atom. The van der Waals surface area contributed by atoms with Crippen molar-refractivity contribution in [3.8, 4) is 5.95 Å². The van der Waals surface area contributed by atoms with Crippen molar-refractivity contribution >= 4 is 11.9 Å². The van der Waals surface area contributed by atoms with E-state index >= 15 is 0 Å². The van der Waals surface area contributed by atoms with Crippen LogP contribution in [0.1, 0.15) is 28.7 Å². The smallest absolute Gasteiger partial charge is 0.409 e. The molecule has 0 aliphatic carbocycles. The van der Waals surface area contributed by atoms with Crippen molar-refractivity contribution in [3.05, 3.63) is 29.3 Å². The number of H-pyrrole nitrogens is 1. The molecule has 3 rings (SSSR count). The van der Waals surface area contributed by atoms with Gasteiger partial charge in [0.15, 0.2) is 5.78 Å². The van der Waals surface area contributed by atoms with E-state index in [2.05, 4.69) is 20.1 Å². The summed E-state index contributed by atoms with van der Waals surface area (Å²) < 4.78 is 6.91. The molecule has 1 aliphatic heterocycles. The number of aromatic nitrogens is 4. The van der Waals surface area contributed by atoms with Gasteiger partial charge in [0.1, 0.15) is 6.33 Å². The standard InChI is InChI=1S/C17H24N6O3/c1-4-26-17(25)22-7-5-21(6-8-22)10-15(24)14-9-12(2)23(13(14)3)16-18-11-19-20-16/h9,11H,4-8,10H2,1-3H3,(H,18,19,20). The van der Waals surface area contributed by atoms with E-state index in [-0.39, 0.29) is 11.9 Å². The molecule has 0 radical (unpaired) electrons. The van der Waals surface area contributed by atoms with E-state index in [9.17, 15) is 9.59 Å². The van der Waals surface area contributed by atoms with E-state index < -0.39 is 0 Å². The number of aryl methyl sites for hydroxylation is 1. The molecule has 1 saturated heterocycles. The van der Waals surface area contributed by atoms with Gasteiger partial charge in [0.2, 0.25) is 5.95 Å². The Balaban J connectivity index is 1.63. The van der Waals surface area contributed by atoms with Crippen LogP contribution in [0.3, 0.4) is 0 Å². The van der Waals surface area contributed by atoms with Crippen LogP contribution in [0.5, 0.6) is 0 Å². The fourth-order valence-corrected chi connectivity index (χ4v) is 3.27. The average molecular weight is 360 g/mol. The first-order valence-electron chi connectivity index (χ1n) is 8.73. The van der Waals surface area contributed by atoms with Gasteiger partial charge in [-0.3, -0.25) is 14.3 Å². The van der Waals surface area contributed by atoms with Crippen LogP contribution in [-0.2, 0) is 4.74 Å². The predicted octanol–water partition coefficient (Wildman–Crippen LogP) is 1.17. The van der Waals surface area contributed by atoms with Crippen LogP contribution in [0.15, 0.2) is 12.4 Å². The second-order valence-electron chi connectivity index (χ2n) is 6.31. The van der Waals surface area contributed by atoms with E-state index in [1.807, 2.05) is 24.5 Å². The quantitative estimate of drug-likeness (QED) is 0.804. The number of ketones is 1. The van der Waals surface area contributed by atoms with Crippen molar-refractivity contribution in [1.82, 2.24) is 29.5 Å². The van der Waals surface area contributed by atoms with Crippen LogP contribution in [0.4, 0.5) is 4.79 Å². The molecule has 1 amide bonds. The first-order chi connectivity index (χ1) is 12.5. The Hall–Kier alpha value is -2.68. The number of amides is 1. The molecule has 2 aromatic rings. The zero-order valence-electron chi connectivity index (χ0n) is 15.4. The van der Waals surface area contributed by atoms with Crippen molar-refractivity contribution < 1.29 is 14.3 Å². The molecular weight excluding hydrogens is 336 g/mol. The fraction of sp³-hybridized carbons (Fsp3) is 0.529. The highest BCUT2D eigenvalue weighted by Gasteiger charge is 2.25. The zero-order chi connectivity index (χ0) is 18.7. The van der Waals surface area contributed by atoms with Crippen LogP contribution in [-0.4, -0.2) is 80.8 Å². The van der Waals surface area contributed by atoms with E-state index in [1.165, 1.54) is 6.33 Å². The van der Waals surface area contributed by atoms with Crippen molar-refractivity contribution in [2.24, 2.45) is 0 Å². The van der Waals surface area contributed by atoms with Crippen molar-refractivity contribution in [2.75, 3.05) is 39.3 Å². The minimum atomic E-state index is -0.283. The number of piperazine rings is 1. The van der Waals surface area contributed by atoms with Crippen LogP contribution in [0, 0.1) is 13.8 Å². The summed E-state index contributed by atoms with van der Waals surface area (Å²) in [6, 6.07) is 1.88. The maximum Gasteiger partial charge on any atom is 0.409 e. The molecule has 1 aliphatic rings. The molecule has 2 aromatic heterocycles. The maximum absolute atomic E-state index is 12.8. The van der Waals surface area contributed by atoms with Gasteiger partial charge in [0, 0.05) is 43.1 Å². The number of ether oxygens (including phenoxy) is 1. The van der Waals surface area contributed by atoms with Gasteiger partial charge in [0.05, 0.1) is 13.2 Å². The van der Waals surface area contributed by atoms with Crippen LogP contribution < -0.4 is 0 Å². The van der Waals surface area contributed by atoms with Gasteiger partial charge in [-0.25, -0.2) is 9.89 Å². The molecular formula is C17H24N6O3. The topological polar surface area (TPSA) is 96.3 Å². The molecule has 0 unspecified atom stereocenters. The normalized spacial score (nSPS) is 15.3. The summed E-state index contributed by atoms with van der Waals surface area (Å²) >= 11 is 0. The van der Waals surface area contributed by atoms with Gasteiger partial charge in [-0.15, -0.1) is 0 Å². The number of aromatic amines is 1. The molecule has 0 spiro atoms. The van der Waals surface area contributed by atoms with E-state index in [0.29, 0.717) is 50.8 Å². The SMILES string of the molecule is CCOC(=O)N1CCN(CC(=O)c2cc(C)n(-c3ncn[nH]3)c2C)CC1. The summed E-state index contributed by atoms with van der Waals surface area (Å²) in [6.45, 7) is 8.80. The maximum atomic E-state index is 12.8. The van der Waals surface area contributed by atoms with E-state index in [0.717, 1.165) is 11.4 Å². The van der Waals surface area contributed by atoms with Gasteiger partial charge < -0.3 is 9.64 Å². The summed E-state index contributed by atoms with van der Waals surface area (Å²) in [5, 5.41) is 6.70. The molecule has 9 heteroatoms. The number of rotatable bonds is 5. The minimum Gasteiger partial charge on any atom is -0.450 e. The summed E-state index contributed by atoms with van der Waals surface area (Å²) in [5.41, 5.74) is 2.45. The summed E-state index contributed by atoms with van der Waals surface area (Å²) in [6.07, 6.45) is 1.16. The van der Waals surface area contributed by atoms with Gasteiger partial charge in [-0.1, -0.05) is 0 Å². The molecule has 0 atom stereocenters. The lowest BCUT2D eigenvalue weighted by Crippen LogP contribution is -2.50. The van der Waals surface area contributed by atoms with Crippen molar-refractivity contribution in [1.29, 1.82) is 0 Å². The minimum absolute atomic E-state index is 0.0634. The van der Waals surface area contributed by atoms with Crippen LogP contribution >= 0.6 is 0 Å². The number of nitrogens with zero attached hydrogens (tertiary/aromatic N) is 5. The van der Waals surface area contributed by atoms with E-state index in [1.54, 1.807) is 11.8 Å². The fourth-order valence-electron chi connectivity index (χ4n) is 3.27. The molecule has 3 heterocycles. The third kappa shape index (κ3) is 3.62. The Morgan fingerprint density at radius 2 is 1.96 bits per heavy atom. The van der Waals surface area contributed by atoms with Gasteiger partial charge in [-0.05, 0) is 26.8 Å². The number of nitrogens with one attached hydrogen (secondary N) is 1. The molecule has 0 bridgehead atoms. The highest BCUT2D eigenvalue weighted by atomic mass is 16.6. The predicted molar refractivity (Wildman–Crippen MR) is 94.5 cm³/mol. The Morgan fingerprint density at radius 1 is 1.23 bits per heavy atom. The third-order valence-corrected chi connectivity index (χ3v) is 4.61. The number of hydrogen-bond acceptors (Lipinski definition) is 6. The Labute approximate surface area is 151 Å². The first kappa shape index (κ1) is 18.1. The molecule has 1 N–H and O–H groups in total. The number of hydrogen-bond donors (Lipinski definition) is 1. The van der Waals surface area contributed by atoms with Crippen molar-refractivity contribution in [2.45, 2.75) is 20.8 Å². The number of carbonyl (C=O) groups excluding carboxylic acids is 2. The number of Topliss-reactive ketones (excluding diaryl/α,β-unsaturated/α-hetero) is 1. The second kappa shape index (κ2) is 7.69. The molecule has 0 aromatic carbocycles. The van der Waals surface area contributed by atoms with Gasteiger partial charge >= 0.3 is 6.09 Å². The lowest BCUT2D eigenvalue weighted by atomic mass is 10.1. The zero-order valence-corrected chi connectivity index (χ0v) is 15.4. The Kier molecular flexibility index (Phi) is 5.36. The summed E-state index contributed by atoms with van der Waals surface area (Å²) in [5.74, 6) is 0.663. The largest absolute Gasteiger partial charge is 0.450 e. The molecule has 1 fully saturated rings. The monoisotopic (exact) mass is 360 g/mol. The Bertz CT molecular complexity index is 775. The summed E-state index contributed by atoms with van der Waals surface area (Å²) in [7, 11) is 0.